The van der Waals surface area contributed by atoms with Crippen LogP contribution in [0.4, 0.5) is 4.39 Å². The molecule has 2 amide bonds. The topological polar surface area (TPSA) is 40.6 Å². The Kier molecular flexibility index (Phi) is 6.58. The summed E-state index contributed by atoms with van der Waals surface area (Å²) in [6.45, 7) is 1.22. The summed E-state index contributed by atoms with van der Waals surface area (Å²) >= 11 is 0. The van der Waals surface area contributed by atoms with Gasteiger partial charge in [-0.05, 0) is 29.7 Å². The molecule has 4 nitrogen and oxygen atoms in total. The number of nitrogens with zero attached hydrogens (tertiary/aromatic N) is 2. The van der Waals surface area contributed by atoms with E-state index in [-0.39, 0.29) is 23.5 Å². The SMILES string of the molecule is CN(C/C=C/c1ccccc1)C(=O)[C@@H]1CCC(=O)N(Cc2cccc(F)c2)C1. The Hall–Kier alpha value is -2.95. The molecule has 0 unspecified atom stereocenters. The van der Waals surface area contributed by atoms with Gasteiger partial charge in [0, 0.05) is 33.1 Å². The predicted octanol–water partition coefficient (Wildman–Crippen LogP) is 3.74. The van der Waals surface area contributed by atoms with E-state index in [0.29, 0.717) is 32.5 Å². The third-order valence-electron chi connectivity index (χ3n) is 4.98. The third-order valence-corrected chi connectivity index (χ3v) is 4.98. The first-order valence-electron chi connectivity index (χ1n) is 9.51. The minimum Gasteiger partial charge on any atom is -0.342 e. The Bertz CT molecular complexity index is 851. The van der Waals surface area contributed by atoms with Crippen molar-refractivity contribution in [3.8, 4) is 0 Å². The number of rotatable bonds is 6. The van der Waals surface area contributed by atoms with Crippen LogP contribution in [0, 0.1) is 11.7 Å². The van der Waals surface area contributed by atoms with E-state index in [4.69, 9.17) is 0 Å². The first kappa shape index (κ1) is 19.8. The second-order valence-corrected chi connectivity index (χ2v) is 7.17. The van der Waals surface area contributed by atoms with Gasteiger partial charge in [-0.3, -0.25) is 9.59 Å². The lowest BCUT2D eigenvalue weighted by atomic mass is 9.95. The van der Waals surface area contributed by atoms with Gasteiger partial charge in [0.2, 0.25) is 11.8 Å². The maximum absolute atomic E-state index is 13.4. The van der Waals surface area contributed by atoms with Gasteiger partial charge in [-0.15, -0.1) is 0 Å². The molecule has 0 saturated carbocycles. The number of hydrogen-bond acceptors (Lipinski definition) is 2. The molecule has 2 aromatic rings. The fraction of sp³-hybridized carbons (Fsp3) is 0.304. The zero-order chi connectivity index (χ0) is 19.9. The van der Waals surface area contributed by atoms with Gasteiger partial charge in [0.25, 0.3) is 0 Å². The quantitative estimate of drug-likeness (QED) is 0.766. The average molecular weight is 380 g/mol. The fourth-order valence-electron chi connectivity index (χ4n) is 3.44. The van der Waals surface area contributed by atoms with E-state index in [1.165, 1.54) is 12.1 Å². The van der Waals surface area contributed by atoms with E-state index in [9.17, 15) is 14.0 Å². The summed E-state index contributed by atoms with van der Waals surface area (Å²) in [4.78, 5) is 28.4. The molecule has 28 heavy (non-hydrogen) atoms. The number of likely N-dealkylation sites (N-methyl/N-ethyl adjacent to an activating group) is 1. The minimum absolute atomic E-state index is 0.0138. The maximum Gasteiger partial charge on any atom is 0.227 e. The average Bonchev–Trinajstić information content (AvgIpc) is 2.70. The highest BCUT2D eigenvalue weighted by Crippen LogP contribution is 2.22. The molecule has 0 aliphatic carbocycles. The summed E-state index contributed by atoms with van der Waals surface area (Å²) < 4.78 is 13.4. The van der Waals surface area contributed by atoms with Crippen molar-refractivity contribution in [3.63, 3.8) is 0 Å². The highest BCUT2D eigenvalue weighted by atomic mass is 19.1. The van der Waals surface area contributed by atoms with Crippen LogP contribution in [0.5, 0.6) is 0 Å². The Labute approximate surface area is 165 Å². The van der Waals surface area contributed by atoms with E-state index in [1.54, 1.807) is 29.0 Å². The summed E-state index contributed by atoms with van der Waals surface area (Å²) in [6, 6.07) is 16.2. The van der Waals surface area contributed by atoms with Crippen LogP contribution in [-0.4, -0.2) is 41.8 Å². The number of carbonyl (C=O) groups is 2. The molecular formula is C23H25FN2O2. The monoisotopic (exact) mass is 380 g/mol. The number of halogens is 1. The van der Waals surface area contributed by atoms with E-state index >= 15 is 0 Å². The van der Waals surface area contributed by atoms with Crippen molar-refractivity contribution >= 4 is 17.9 Å². The van der Waals surface area contributed by atoms with Crippen LogP contribution in [0.25, 0.3) is 6.08 Å². The lowest BCUT2D eigenvalue weighted by Gasteiger charge is -2.33. The number of amides is 2. The lowest BCUT2D eigenvalue weighted by molar-refractivity contribution is -0.142. The highest BCUT2D eigenvalue weighted by Gasteiger charge is 2.31. The molecule has 0 N–H and O–H groups in total. The number of piperidine rings is 1. The molecule has 0 radical (unpaired) electrons. The normalized spacial score (nSPS) is 17.1. The van der Waals surface area contributed by atoms with Gasteiger partial charge in [0.1, 0.15) is 5.82 Å². The first-order valence-corrected chi connectivity index (χ1v) is 9.51. The number of carbonyl (C=O) groups excluding carboxylic acids is 2. The van der Waals surface area contributed by atoms with Crippen molar-refractivity contribution in [3.05, 3.63) is 77.6 Å². The van der Waals surface area contributed by atoms with E-state index in [2.05, 4.69) is 0 Å². The molecule has 5 heteroatoms. The van der Waals surface area contributed by atoms with Crippen molar-refractivity contribution < 1.29 is 14.0 Å². The van der Waals surface area contributed by atoms with Crippen LogP contribution in [0.3, 0.4) is 0 Å². The van der Waals surface area contributed by atoms with Crippen LogP contribution in [0.1, 0.15) is 24.0 Å². The second kappa shape index (κ2) is 9.31. The largest absolute Gasteiger partial charge is 0.342 e. The minimum atomic E-state index is -0.320. The molecule has 2 aromatic carbocycles. The van der Waals surface area contributed by atoms with E-state index in [1.807, 2.05) is 42.5 Å². The molecule has 146 valence electrons. The summed E-state index contributed by atoms with van der Waals surface area (Å²) in [5.41, 5.74) is 1.83. The van der Waals surface area contributed by atoms with Crippen molar-refractivity contribution in [2.45, 2.75) is 19.4 Å². The zero-order valence-electron chi connectivity index (χ0n) is 16.1. The van der Waals surface area contributed by atoms with Crippen LogP contribution >= 0.6 is 0 Å². The number of hydrogen-bond donors (Lipinski definition) is 0. The van der Waals surface area contributed by atoms with Gasteiger partial charge >= 0.3 is 0 Å². The van der Waals surface area contributed by atoms with Gasteiger partial charge in [-0.1, -0.05) is 54.6 Å². The van der Waals surface area contributed by atoms with Crippen LogP contribution in [0.15, 0.2) is 60.7 Å². The molecular weight excluding hydrogens is 355 g/mol. The summed E-state index contributed by atoms with van der Waals surface area (Å²) in [6.07, 6.45) is 4.86. The maximum atomic E-state index is 13.4. The Morgan fingerprint density at radius 1 is 1.21 bits per heavy atom. The van der Waals surface area contributed by atoms with Gasteiger partial charge in [0.05, 0.1) is 5.92 Å². The Balaban J connectivity index is 1.57. The molecule has 1 saturated heterocycles. The summed E-state index contributed by atoms with van der Waals surface area (Å²) in [7, 11) is 1.78. The fourth-order valence-corrected chi connectivity index (χ4v) is 3.44. The highest BCUT2D eigenvalue weighted by molar-refractivity contribution is 5.84. The second-order valence-electron chi connectivity index (χ2n) is 7.17. The molecule has 1 aliphatic rings. The van der Waals surface area contributed by atoms with E-state index in [0.717, 1.165) is 11.1 Å². The van der Waals surface area contributed by atoms with Gasteiger partial charge in [0.15, 0.2) is 0 Å². The molecule has 1 heterocycles. The Morgan fingerprint density at radius 3 is 2.75 bits per heavy atom. The smallest absolute Gasteiger partial charge is 0.227 e. The zero-order valence-corrected chi connectivity index (χ0v) is 16.1. The van der Waals surface area contributed by atoms with Gasteiger partial charge < -0.3 is 9.80 Å². The van der Waals surface area contributed by atoms with Gasteiger partial charge in [-0.25, -0.2) is 4.39 Å². The third kappa shape index (κ3) is 5.28. The summed E-state index contributed by atoms with van der Waals surface area (Å²) in [5, 5.41) is 0. The molecule has 0 spiro atoms. The Morgan fingerprint density at radius 2 is 2.00 bits per heavy atom. The molecule has 0 bridgehead atoms. The van der Waals surface area contributed by atoms with Crippen molar-refractivity contribution in [1.82, 2.24) is 9.80 Å². The number of benzene rings is 2. The van der Waals surface area contributed by atoms with Crippen molar-refractivity contribution in [2.75, 3.05) is 20.1 Å². The molecule has 1 atom stereocenters. The van der Waals surface area contributed by atoms with E-state index < -0.39 is 0 Å². The lowest BCUT2D eigenvalue weighted by Crippen LogP contribution is -2.45. The molecule has 1 aliphatic heterocycles. The van der Waals surface area contributed by atoms with Crippen LogP contribution < -0.4 is 0 Å². The van der Waals surface area contributed by atoms with Crippen LogP contribution in [-0.2, 0) is 16.1 Å². The summed E-state index contributed by atoms with van der Waals surface area (Å²) in [5.74, 6) is -0.490. The molecule has 3 rings (SSSR count). The number of likely N-dealkylation sites (tertiary alicyclic amines) is 1. The first-order chi connectivity index (χ1) is 13.5. The van der Waals surface area contributed by atoms with Gasteiger partial charge in [-0.2, -0.15) is 0 Å². The van der Waals surface area contributed by atoms with Crippen molar-refractivity contribution in [2.24, 2.45) is 5.92 Å². The molecule has 1 fully saturated rings. The predicted molar refractivity (Wildman–Crippen MR) is 108 cm³/mol. The van der Waals surface area contributed by atoms with Crippen molar-refractivity contribution in [1.29, 1.82) is 0 Å². The standard InChI is InChI=1S/C23H25FN2O2/c1-25(14-6-10-18-7-3-2-4-8-18)23(28)20-12-13-22(27)26(17-20)16-19-9-5-11-21(24)15-19/h2-11,15,20H,12-14,16-17H2,1H3/b10-6+/t20-/m1/s1. The molecule has 0 aromatic heterocycles. The van der Waals surface area contributed by atoms with Crippen LogP contribution in [0.2, 0.25) is 0 Å².